The Balaban J connectivity index is 2.15. The number of nitriles is 1. The van der Waals surface area contributed by atoms with Gasteiger partial charge in [-0.05, 0) is 36.8 Å². The van der Waals surface area contributed by atoms with Crippen LogP contribution in [0.4, 0.5) is 0 Å². The van der Waals surface area contributed by atoms with E-state index in [0.29, 0.717) is 19.3 Å². The van der Waals surface area contributed by atoms with Gasteiger partial charge in [0.1, 0.15) is 0 Å². The van der Waals surface area contributed by atoms with Crippen LogP contribution >= 0.6 is 0 Å². The summed E-state index contributed by atoms with van der Waals surface area (Å²) in [7, 11) is -3.43. The van der Waals surface area contributed by atoms with Gasteiger partial charge in [0.25, 0.3) is 0 Å². The predicted octanol–water partition coefficient (Wildman–Crippen LogP) is 1.99. The number of hydrogen-bond acceptors (Lipinski definition) is 4. The Morgan fingerprint density at radius 3 is 2.82 bits per heavy atom. The van der Waals surface area contributed by atoms with Crippen molar-refractivity contribution in [3.8, 4) is 6.07 Å². The van der Waals surface area contributed by atoms with E-state index in [2.05, 4.69) is 0 Å². The van der Waals surface area contributed by atoms with E-state index < -0.39 is 10.0 Å². The monoisotopic (exact) mass is 322 g/mol. The summed E-state index contributed by atoms with van der Waals surface area (Å²) < 4.78 is 26.7. The molecule has 1 atom stereocenters. The number of aliphatic hydroxyl groups excluding tert-OH is 1. The molecule has 0 heterocycles. The average molecular weight is 322 g/mol. The van der Waals surface area contributed by atoms with Crippen LogP contribution in [-0.4, -0.2) is 36.7 Å². The molecule has 1 aromatic rings. The first-order valence-corrected chi connectivity index (χ1v) is 9.26. The molecular formula is C16H22N2O3S. The third-order valence-corrected chi connectivity index (χ3v) is 6.02. The molecule has 1 N–H and O–H groups in total. The van der Waals surface area contributed by atoms with Gasteiger partial charge in [0, 0.05) is 13.0 Å². The van der Waals surface area contributed by atoms with Crippen LogP contribution in [0.5, 0.6) is 0 Å². The fraction of sp³-hybridized carbons (Fsp3) is 0.562. The largest absolute Gasteiger partial charge is 0.395 e. The standard InChI is InChI=1S/C16H22N2O3S/c17-10-4-1-5-13-22(20,21)18(11-12-19)16-9-8-14-6-2-3-7-15(14)16/h2-3,6-7,16,19H,1,4-5,8-9,11-13H2. The summed E-state index contributed by atoms with van der Waals surface area (Å²) in [6, 6.07) is 9.75. The molecule has 0 saturated heterocycles. The Kier molecular flexibility index (Phi) is 5.95. The third-order valence-electron chi connectivity index (χ3n) is 4.07. The van der Waals surface area contributed by atoms with Crippen molar-refractivity contribution in [2.24, 2.45) is 0 Å². The molecule has 0 aromatic heterocycles. The van der Waals surface area contributed by atoms with Crippen molar-refractivity contribution in [3.63, 3.8) is 0 Å². The van der Waals surface area contributed by atoms with Crippen molar-refractivity contribution >= 4 is 10.0 Å². The third kappa shape index (κ3) is 3.86. The Morgan fingerprint density at radius 1 is 1.32 bits per heavy atom. The van der Waals surface area contributed by atoms with Gasteiger partial charge in [0.2, 0.25) is 10.0 Å². The Bertz CT molecular complexity index is 637. The van der Waals surface area contributed by atoms with E-state index in [-0.39, 0.29) is 24.9 Å². The van der Waals surface area contributed by atoms with Gasteiger partial charge in [0.15, 0.2) is 0 Å². The summed E-state index contributed by atoms with van der Waals surface area (Å²) in [6.07, 6.45) is 3.07. The van der Waals surface area contributed by atoms with Gasteiger partial charge < -0.3 is 5.11 Å². The molecule has 0 bridgehead atoms. The van der Waals surface area contributed by atoms with Gasteiger partial charge in [-0.15, -0.1) is 0 Å². The molecule has 1 unspecified atom stereocenters. The van der Waals surface area contributed by atoms with E-state index in [4.69, 9.17) is 5.26 Å². The van der Waals surface area contributed by atoms with Crippen molar-refractivity contribution in [2.75, 3.05) is 18.9 Å². The molecule has 2 rings (SSSR count). The van der Waals surface area contributed by atoms with Crippen LogP contribution in [0.15, 0.2) is 24.3 Å². The maximum Gasteiger partial charge on any atom is 0.214 e. The fourth-order valence-corrected chi connectivity index (χ4v) is 4.80. The highest BCUT2D eigenvalue weighted by atomic mass is 32.2. The summed E-state index contributed by atoms with van der Waals surface area (Å²) in [6.45, 7) is -0.0598. The highest BCUT2D eigenvalue weighted by Gasteiger charge is 2.34. The lowest BCUT2D eigenvalue weighted by Gasteiger charge is -2.28. The zero-order valence-electron chi connectivity index (χ0n) is 12.6. The molecule has 0 amide bonds. The minimum atomic E-state index is -3.43. The minimum absolute atomic E-state index is 0.0351. The van der Waals surface area contributed by atoms with E-state index in [9.17, 15) is 13.5 Å². The lowest BCUT2D eigenvalue weighted by atomic mass is 10.1. The van der Waals surface area contributed by atoms with Crippen LogP contribution in [0.2, 0.25) is 0 Å². The van der Waals surface area contributed by atoms with Crippen LogP contribution in [0.3, 0.4) is 0 Å². The second-order valence-corrected chi connectivity index (χ2v) is 7.56. The summed E-state index contributed by atoms with van der Waals surface area (Å²) in [4.78, 5) is 0. The zero-order chi connectivity index (χ0) is 16.0. The van der Waals surface area contributed by atoms with Crippen molar-refractivity contribution in [2.45, 2.75) is 38.1 Å². The average Bonchev–Trinajstić information content (AvgIpc) is 2.93. The highest BCUT2D eigenvalue weighted by Crippen LogP contribution is 2.37. The summed E-state index contributed by atoms with van der Waals surface area (Å²) in [5.74, 6) is 0.0351. The van der Waals surface area contributed by atoms with E-state index >= 15 is 0 Å². The van der Waals surface area contributed by atoms with Crippen LogP contribution in [0.1, 0.15) is 42.9 Å². The van der Waals surface area contributed by atoms with Crippen molar-refractivity contribution in [1.29, 1.82) is 5.26 Å². The van der Waals surface area contributed by atoms with Crippen LogP contribution in [0, 0.1) is 11.3 Å². The van der Waals surface area contributed by atoms with E-state index in [1.54, 1.807) is 0 Å². The van der Waals surface area contributed by atoms with Gasteiger partial charge in [0.05, 0.1) is 24.5 Å². The molecule has 0 aliphatic heterocycles. The zero-order valence-corrected chi connectivity index (χ0v) is 13.4. The molecule has 1 aliphatic carbocycles. The molecule has 1 aliphatic rings. The van der Waals surface area contributed by atoms with E-state index in [1.165, 1.54) is 9.87 Å². The molecule has 6 heteroatoms. The maximum atomic E-state index is 12.6. The highest BCUT2D eigenvalue weighted by molar-refractivity contribution is 7.89. The summed E-state index contributed by atoms with van der Waals surface area (Å²) >= 11 is 0. The topological polar surface area (TPSA) is 81.4 Å². The number of aliphatic hydroxyl groups is 1. The molecule has 22 heavy (non-hydrogen) atoms. The maximum absolute atomic E-state index is 12.6. The molecule has 120 valence electrons. The van der Waals surface area contributed by atoms with Crippen molar-refractivity contribution in [3.05, 3.63) is 35.4 Å². The first-order chi connectivity index (χ1) is 10.6. The lowest BCUT2D eigenvalue weighted by Crippen LogP contribution is -2.37. The SMILES string of the molecule is N#CCCCCS(=O)(=O)N(CCO)C1CCc2ccccc21. The number of fused-ring (bicyclic) bond motifs is 1. The lowest BCUT2D eigenvalue weighted by molar-refractivity contribution is 0.225. The second kappa shape index (κ2) is 7.73. The Morgan fingerprint density at radius 2 is 2.09 bits per heavy atom. The predicted molar refractivity (Wildman–Crippen MR) is 84.5 cm³/mol. The van der Waals surface area contributed by atoms with Crippen LogP contribution in [-0.2, 0) is 16.4 Å². The van der Waals surface area contributed by atoms with E-state index in [1.807, 2.05) is 30.3 Å². The molecule has 5 nitrogen and oxygen atoms in total. The van der Waals surface area contributed by atoms with Crippen molar-refractivity contribution in [1.82, 2.24) is 4.31 Å². The summed E-state index contributed by atoms with van der Waals surface area (Å²) in [5, 5.41) is 17.8. The number of unbranched alkanes of at least 4 members (excludes halogenated alkanes) is 2. The number of aryl methyl sites for hydroxylation is 1. The fourth-order valence-electron chi connectivity index (χ4n) is 3.03. The molecule has 0 saturated carbocycles. The smallest absolute Gasteiger partial charge is 0.214 e. The molecule has 0 fully saturated rings. The Labute approximate surface area is 132 Å². The number of sulfonamides is 1. The van der Waals surface area contributed by atoms with Gasteiger partial charge >= 0.3 is 0 Å². The first kappa shape index (κ1) is 16.9. The van der Waals surface area contributed by atoms with Gasteiger partial charge in [-0.1, -0.05) is 24.3 Å². The first-order valence-electron chi connectivity index (χ1n) is 7.65. The van der Waals surface area contributed by atoms with Crippen molar-refractivity contribution < 1.29 is 13.5 Å². The number of benzene rings is 1. The second-order valence-electron chi connectivity index (χ2n) is 5.52. The van der Waals surface area contributed by atoms with E-state index in [0.717, 1.165) is 18.4 Å². The Hall–Kier alpha value is -1.42. The molecule has 0 spiro atoms. The quantitative estimate of drug-likeness (QED) is 0.742. The molecular weight excluding hydrogens is 300 g/mol. The molecule has 1 aromatic carbocycles. The number of hydrogen-bond donors (Lipinski definition) is 1. The summed E-state index contributed by atoms with van der Waals surface area (Å²) in [5.41, 5.74) is 2.24. The molecule has 0 radical (unpaired) electrons. The number of nitrogens with zero attached hydrogens (tertiary/aromatic N) is 2. The van der Waals surface area contributed by atoms with Gasteiger partial charge in [-0.3, -0.25) is 0 Å². The van der Waals surface area contributed by atoms with Gasteiger partial charge in [-0.2, -0.15) is 9.57 Å². The van der Waals surface area contributed by atoms with Gasteiger partial charge in [-0.25, -0.2) is 8.42 Å². The normalized spacial score (nSPS) is 17.4. The van der Waals surface area contributed by atoms with Crippen LogP contribution in [0.25, 0.3) is 0 Å². The minimum Gasteiger partial charge on any atom is -0.395 e. The van der Waals surface area contributed by atoms with Crippen LogP contribution < -0.4 is 0 Å². The number of rotatable bonds is 8.